The monoisotopic (exact) mass is 424 g/mol. The molecule has 31 heavy (non-hydrogen) atoms. The lowest BCUT2D eigenvalue weighted by atomic mass is 9.78. The maximum atomic E-state index is 12.9. The predicted molar refractivity (Wildman–Crippen MR) is 118 cm³/mol. The third-order valence-corrected chi connectivity index (χ3v) is 6.25. The van der Waals surface area contributed by atoms with Gasteiger partial charge in [0.25, 0.3) is 0 Å². The van der Waals surface area contributed by atoms with Crippen LogP contribution in [0.5, 0.6) is 5.75 Å². The third-order valence-electron chi connectivity index (χ3n) is 6.25. The first-order valence-electron chi connectivity index (χ1n) is 10.8. The molecule has 1 saturated carbocycles. The number of hydrogen-bond acceptors (Lipinski definition) is 1. The van der Waals surface area contributed by atoms with E-state index in [2.05, 4.69) is 31.2 Å². The standard InChI is InChI=1S/C27H27F3O/c1-19-5-4-6-23(17-19)25-7-2-3-8-26(25)31-18-20-9-11-21(12-10-20)22-13-15-24(16-14-22)27(28,29)30/h2-12,17,22,24H,13-16,18H2,1H3/t22-,24+. The van der Waals surface area contributed by atoms with E-state index in [-0.39, 0.29) is 18.8 Å². The summed E-state index contributed by atoms with van der Waals surface area (Å²) in [5.41, 5.74) is 5.56. The highest BCUT2D eigenvalue weighted by atomic mass is 19.4. The highest BCUT2D eigenvalue weighted by molar-refractivity contribution is 5.70. The van der Waals surface area contributed by atoms with Gasteiger partial charge < -0.3 is 4.74 Å². The number of benzene rings is 3. The number of halogens is 3. The van der Waals surface area contributed by atoms with Crippen molar-refractivity contribution in [2.45, 2.75) is 51.3 Å². The molecule has 0 radical (unpaired) electrons. The summed E-state index contributed by atoms with van der Waals surface area (Å²) in [7, 11) is 0. The molecule has 4 heteroatoms. The Morgan fingerprint density at radius 3 is 2.23 bits per heavy atom. The van der Waals surface area contributed by atoms with E-state index in [1.165, 1.54) is 5.56 Å². The van der Waals surface area contributed by atoms with E-state index >= 15 is 0 Å². The highest BCUT2D eigenvalue weighted by Gasteiger charge is 2.41. The molecule has 0 saturated heterocycles. The molecular formula is C27H27F3O. The van der Waals surface area contributed by atoms with Gasteiger partial charge in [0.1, 0.15) is 12.4 Å². The van der Waals surface area contributed by atoms with Crippen LogP contribution in [0.1, 0.15) is 48.3 Å². The molecule has 4 rings (SSSR count). The van der Waals surface area contributed by atoms with Crippen LogP contribution in [0.2, 0.25) is 0 Å². The molecule has 0 N–H and O–H groups in total. The summed E-state index contributed by atoms with van der Waals surface area (Å²) in [5, 5.41) is 0. The minimum Gasteiger partial charge on any atom is -0.488 e. The second-order valence-electron chi connectivity index (χ2n) is 8.49. The van der Waals surface area contributed by atoms with E-state index < -0.39 is 12.1 Å². The summed E-state index contributed by atoms with van der Waals surface area (Å²) >= 11 is 0. The summed E-state index contributed by atoms with van der Waals surface area (Å²) in [6.45, 7) is 2.52. The minimum atomic E-state index is -4.05. The zero-order chi connectivity index (χ0) is 21.8. The van der Waals surface area contributed by atoms with E-state index in [1.54, 1.807) is 0 Å². The molecule has 162 valence electrons. The summed E-state index contributed by atoms with van der Waals surface area (Å²) in [4.78, 5) is 0. The molecule has 0 unspecified atom stereocenters. The average molecular weight is 425 g/mol. The van der Waals surface area contributed by atoms with E-state index in [0.29, 0.717) is 19.4 Å². The van der Waals surface area contributed by atoms with Crippen LogP contribution in [-0.2, 0) is 6.61 Å². The van der Waals surface area contributed by atoms with Crippen molar-refractivity contribution in [1.29, 1.82) is 0 Å². The van der Waals surface area contributed by atoms with Crippen LogP contribution in [-0.4, -0.2) is 6.18 Å². The predicted octanol–water partition coefficient (Wildman–Crippen LogP) is 8.08. The number of aryl methyl sites for hydroxylation is 1. The number of hydrogen-bond donors (Lipinski definition) is 0. The fraction of sp³-hybridized carbons (Fsp3) is 0.333. The molecule has 0 atom stereocenters. The van der Waals surface area contributed by atoms with Crippen LogP contribution in [0, 0.1) is 12.8 Å². The van der Waals surface area contributed by atoms with Gasteiger partial charge in [-0.05, 0) is 61.3 Å². The Morgan fingerprint density at radius 1 is 0.839 bits per heavy atom. The van der Waals surface area contributed by atoms with Crippen molar-refractivity contribution >= 4 is 0 Å². The number of alkyl halides is 3. The van der Waals surface area contributed by atoms with Crippen molar-refractivity contribution in [3.8, 4) is 16.9 Å². The van der Waals surface area contributed by atoms with Crippen LogP contribution in [0.15, 0.2) is 72.8 Å². The first-order chi connectivity index (χ1) is 14.9. The molecule has 1 aliphatic rings. The molecule has 0 heterocycles. The molecule has 3 aromatic rings. The zero-order valence-corrected chi connectivity index (χ0v) is 17.7. The lowest BCUT2D eigenvalue weighted by molar-refractivity contribution is -0.182. The molecule has 1 aliphatic carbocycles. The number of ether oxygens (including phenoxy) is 1. The van der Waals surface area contributed by atoms with E-state index in [1.807, 2.05) is 48.5 Å². The van der Waals surface area contributed by atoms with Gasteiger partial charge in [0.05, 0.1) is 5.92 Å². The van der Waals surface area contributed by atoms with Crippen molar-refractivity contribution < 1.29 is 17.9 Å². The second kappa shape index (κ2) is 9.17. The summed E-state index contributed by atoms with van der Waals surface area (Å²) in [6, 6.07) is 24.5. The first-order valence-corrected chi connectivity index (χ1v) is 10.8. The number of para-hydroxylation sites is 1. The summed E-state index contributed by atoms with van der Waals surface area (Å²) in [6.07, 6.45) is -2.39. The molecule has 1 fully saturated rings. The van der Waals surface area contributed by atoms with Crippen LogP contribution < -0.4 is 4.74 Å². The van der Waals surface area contributed by atoms with Crippen molar-refractivity contribution in [3.63, 3.8) is 0 Å². The maximum Gasteiger partial charge on any atom is 0.391 e. The lowest BCUT2D eigenvalue weighted by Crippen LogP contribution is -2.27. The van der Waals surface area contributed by atoms with E-state index in [0.717, 1.165) is 28.0 Å². The smallest absolute Gasteiger partial charge is 0.391 e. The molecule has 0 amide bonds. The van der Waals surface area contributed by atoms with Crippen LogP contribution in [0.3, 0.4) is 0 Å². The van der Waals surface area contributed by atoms with Crippen LogP contribution in [0.4, 0.5) is 13.2 Å². The van der Waals surface area contributed by atoms with Crippen molar-refractivity contribution in [3.05, 3.63) is 89.5 Å². The van der Waals surface area contributed by atoms with Crippen molar-refractivity contribution in [2.75, 3.05) is 0 Å². The molecule has 1 nitrogen and oxygen atoms in total. The Labute approximate surface area is 181 Å². The van der Waals surface area contributed by atoms with Gasteiger partial charge in [0, 0.05) is 5.56 Å². The van der Waals surface area contributed by atoms with Gasteiger partial charge in [0.2, 0.25) is 0 Å². The fourth-order valence-electron chi connectivity index (χ4n) is 4.44. The van der Waals surface area contributed by atoms with E-state index in [4.69, 9.17) is 4.74 Å². The quantitative estimate of drug-likeness (QED) is 0.402. The van der Waals surface area contributed by atoms with Gasteiger partial charge >= 0.3 is 6.18 Å². The molecule has 0 bridgehead atoms. The van der Waals surface area contributed by atoms with Crippen LogP contribution >= 0.6 is 0 Å². The summed E-state index contributed by atoms with van der Waals surface area (Å²) < 4.78 is 44.8. The SMILES string of the molecule is Cc1cccc(-c2ccccc2OCc2ccc([C@H]3CC[C@@H](C(F)(F)F)CC3)cc2)c1. The van der Waals surface area contributed by atoms with Gasteiger partial charge in [-0.15, -0.1) is 0 Å². The van der Waals surface area contributed by atoms with Crippen molar-refractivity contribution in [1.82, 2.24) is 0 Å². The largest absolute Gasteiger partial charge is 0.488 e. The molecular weight excluding hydrogens is 397 g/mol. The summed E-state index contributed by atoms with van der Waals surface area (Å²) in [5.74, 6) is -0.0804. The Balaban J connectivity index is 1.39. The fourth-order valence-corrected chi connectivity index (χ4v) is 4.44. The van der Waals surface area contributed by atoms with Gasteiger partial charge in [-0.25, -0.2) is 0 Å². The van der Waals surface area contributed by atoms with Gasteiger partial charge in [0.15, 0.2) is 0 Å². The van der Waals surface area contributed by atoms with Gasteiger partial charge in [-0.1, -0.05) is 72.3 Å². The maximum absolute atomic E-state index is 12.9. The lowest BCUT2D eigenvalue weighted by Gasteiger charge is -2.30. The van der Waals surface area contributed by atoms with E-state index in [9.17, 15) is 13.2 Å². The molecule has 0 aliphatic heterocycles. The number of rotatable bonds is 5. The van der Waals surface area contributed by atoms with Gasteiger partial charge in [-0.2, -0.15) is 13.2 Å². The molecule has 0 spiro atoms. The Bertz CT molecular complexity index is 999. The van der Waals surface area contributed by atoms with Gasteiger partial charge in [-0.3, -0.25) is 0 Å². The van der Waals surface area contributed by atoms with Crippen LogP contribution in [0.25, 0.3) is 11.1 Å². The average Bonchev–Trinajstić information content (AvgIpc) is 2.78. The normalized spacial score (nSPS) is 19.2. The topological polar surface area (TPSA) is 9.23 Å². The Morgan fingerprint density at radius 2 is 1.55 bits per heavy atom. The zero-order valence-electron chi connectivity index (χ0n) is 17.7. The Hall–Kier alpha value is -2.75. The molecule has 0 aromatic heterocycles. The Kier molecular flexibility index (Phi) is 6.35. The van der Waals surface area contributed by atoms with Crippen molar-refractivity contribution in [2.24, 2.45) is 5.92 Å². The second-order valence-corrected chi connectivity index (χ2v) is 8.49. The highest BCUT2D eigenvalue weighted by Crippen LogP contribution is 2.42. The minimum absolute atomic E-state index is 0.218. The molecule has 3 aromatic carbocycles. The first kappa shape index (κ1) is 21.5. The third kappa shape index (κ3) is 5.30.